The number of non-ortho nitro benzene ring substituents is 1. The van der Waals surface area contributed by atoms with E-state index in [4.69, 9.17) is 9.47 Å². The Kier molecular flexibility index (Phi) is 7.21. The Balaban J connectivity index is 1.91. The lowest BCUT2D eigenvalue weighted by atomic mass is 10.2. The summed E-state index contributed by atoms with van der Waals surface area (Å²) in [7, 11) is 1.35. The van der Waals surface area contributed by atoms with E-state index in [0.29, 0.717) is 4.88 Å². The summed E-state index contributed by atoms with van der Waals surface area (Å²) >= 11 is 1.28. The van der Waals surface area contributed by atoms with Crippen LogP contribution in [0.1, 0.15) is 29.4 Å². The lowest BCUT2D eigenvalue weighted by Crippen LogP contribution is -2.30. The number of ether oxygens (including phenoxy) is 2. The van der Waals surface area contributed by atoms with Crippen LogP contribution in [-0.2, 0) is 14.3 Å². The first-order valence-electron chi connectivity index (χ1n) is 8.21. The first-order chi connectivity index (χ1) is 13.3. The molecule has 2 aromatic rings. The van der Waals surface area contributed by atoms with Crippen molar-refractivity contribution in [3.8, 4) is 5.75 Å². The summed E-state index contributed by atoms with van der Waals surface area (Å²) in [5, 5.41) is 15.1. The molecule has 1 atom stereocenters. The number of anilines is 1. The van der Waals surface area contributed by atoms with Crippen molar-refractivity contribution in [3.05, 3.63) is 50.7 Å². The van der Waals surface area contributed by atoms with E-state index in [2.05, 4.69) is 5.32 Å². The number of nitrogens with one attached hydrogen (secondary N) is 1. The highest BCUT2D eigenvalue weighted by molar-refractivity contribution is 7.12. The monoisotopic (exact) mass is 406 g/mol. The molecule has 148 valence electrons. The zero-order chi connectivity index (χ0) is 20.7. The number of nitro groups is 1. The number of carbonyl (C=O) groups is 3. The van der Waals surface area contributed by atoms with Gasteiger partial charge in [0.05, 0.1) is 29.0 Å². The summed E-state index contributed by atoms with van der Waals surface area (Å²) in [4.78, 5) is 46.8. The molecule has 0 saturated heterocycles. The Morgan fingerprint density at radius 3 is 2.61 bits per heavy atom. The third-order valence-electron chi connectivity index (χ3n) is 3.68. The number of hydrogen-bond donors (Lipinski definition) is 1. The second-order valence-corrected chi connectivity index (χ2v) is 6.61. The number of Topliss-reactive ketones (excluding diaryl/α,β-unsaturated/α-hetero) is 1. The van der Waals surface area contributed by atoms with E-state index in [0.717, 1.165) is 6.07 Å². The van der Waals surface area contributed by atoms with Crippen molar-refractivity contribution in [1.82, 2.24) is 0 Å². The largest absolute Gasteiger partial charge is 0.495 e. The SMILES string of the molecule is COc1ccc([N+](=O)[O-])cc1NC(=O)C(C)OC(=O)CCC(=O)c1cccs1. The Hall–Kier alpha value is -3.27. The van der Waals surface area contributed by atoms with Gasteiger partial charge < -0.3 is 14.8 Å². The first kappa shape index (κ1) is 21.0. The molecule has 0 aliphatic rings. The number of methoxy groups -OCH3 is 1. The van der Waals surface area contributed by atoms with Gasteiger partial charge in [0.15, 0.2) is 11.9 Å². The molecule has 0 aliphatic heterocycles. The maximum absolute atomic E-state index is 12.2. The number of rotatable bonds is 9. The summed E-state index contributed by atoms with van der Waals surface area (Å²) in [5.41, 5.74) is -0.148. The van der Waals surface area contributed by atoms with Crippen molar-refractivity contribution in [2.75, 3.05) is 12.4 Å². The van der Waals surface area contributed by atoms with Crippen LogP contribution in [0.15, 0.2) is 35.7 Å². The molecule has 2 rings (SSSR count). The van der Waals surface area contributed by atoms with Crippen molar-refractivity contribution < 1.29 is 28.8 Å². The number of hydrogen-bond acceptors (Lipinski definition) is 8. The number of thiophene rings is 1. The number of esters is 1. The molecular formula is C18H18N2O7S. The molecule has 0 radical (unpaired) electrons. The molecule has 1 N–H and O–H groups in total. The highest BCUT2D eigenvalue weighted by atomic mass is 32.1. The van der Waals surface area contributed by atoms with Crippen molar-refractivity contribution in [2.24, 2.45) is 0 Å². The minimum Gasteiger partial charge on any atom is -0.495 e. The maximum atomic E-state index is 12.2. The molecule has 10 heteroatoms. The van der Waals surface area contributed by atoms with Crippen LogP contribution >= 0.6 is 11.3 Å². The average Bonchev–Trinajstić information content (AvgIpc) is 3.20. The van der Waals surface area contributed by atoms with Crippen LogP contribution in [-0.4, -0.2) is 35.8 Å². The molecule has 1 heterocycles. The molecule has 1 unspecified atom stereocenters. The van der Waals surface area contributed by atoms with Gasteiger partial charge in [0, 0.05) is 18.6 Å². The molecule has 0 spiro atoms. The van der Waals surface area contributed by atoms with Crippen LogP contribution in [0.25, 0.3) is 0 Å². The summed E-state index contributed by atoms with van der Waals surface area (Å²) in [6.45, 7) is 1.36. The third-order valence-corrected chi connectivity index (χ3v) is 4.59. The van der Waals surface area contributed by atoms with Crippen molar-refractivity contribution in [1.29, 1.82) is 0 Å². The van der Waals surface area contributed by atoms with Gasteiger partial charge in [-0.15, -0.1) is 11.3 Å². The van der Waals surface area contributed by atoms with E-state index < -0.39 is 22.9 Å². The van der Waals surface area contributed by atoms with Gasteiger partial charge in [-0.2, -0.15) is 0 Å². The average molecular weight is 406 g/mol. The van der Waals surface area contributed by atoms with E-state index >= 15 is 0 Å². The second-order valence-electron chi connectivity index (χ2n) is 5.66. The van der Waals surface area contributed by atoms with Gasteiger partial charge in [-0.05, 0) is 24.4 Å². The van der Waals surface area contributed by atoms with Crippen LogP contribution in [0.5, 0.6) is 5.75 Å². The highest BCUT2D eigenvalue weighted by Gasteiger charge is 2.21. The fraction of sp³-hybridized carbons (Fsp3) is 0.278. The molecule has 1 amide bonds. The van der Waals surface area contributed by atoms with Crippen molar-refractivity contribution >= 4 is 40.4 Å². The van der Waals surface area contributed by atoms with Gasteiger partial charge in [0.2, 0.25) is 0 Å². The lowest BCUT2D eigenvalue weighted by molar-refractivity contribution is -0.384. The zero-order valence-corrected chi connectivity index (χ0v) is 16.0. The van der Waals surface area contributed by atoms with Gasteiger partial charge in [0.25, 0.3) is 11.6 Å². The smallest absolute Gasteiger partial charge is 0.307 e. The minimum absolute atomic E-state index is 0.0214. The molecule has 28 heavy (non-hydrogen) atoms. The molecule has 1 aromatic heterocycles. The van der Waals surface area contributed by atoms with Crippen LogP contribution in [0.2, 0.25) is 0 Å². The van der Waals surface area contributed by atoms with E-state index in [1.165, 1.54) is 37.5 Å². The van der Waals surface area contributed by atoms with E-state index in [1.807, 2.05) is 0 Å². The standard InChI is InChI=1S/C18H18N2O7S/c1-11(27-17(22)8-6-14(21)16-4-3-9-28-16)18(23)19-13-10-12(20(24)25)5-7-15(13)26-2/h3-5,7,9-11H,6,8H2,1-2H3,(H,19,23). The predicted octanol–water partition coefficient (Wildman–Crippen LogP) is 3.20. The first-order valence-corrected chi connectivity index (χ1v) is 9.09. The Labute approximate surface area is 164 Å². The quantitative estimate of drug-likeness (QED) is 0.293. The maximum Gasteiger partial charge on any atom is 0.307 e. The van der Waals surface area contributed by atoms with E-state index in [-0.39, 0.29) is 35.7 Å². The number of ketones is 1. The Morgan fingerprint density at radius 1 is 1.25 bits per heavy atom. The number of nitro benzene ring substituents is 1. The number of nitrogens with zero attached hydrogens (tertiary/aromatic N) is 1. The van der Waals surface area contributed by atoms with Gasteiger partial charge >= 0.3 is 5.97 Å². The minimum atomic E-state index is -1.16. The van der Waals surface area contributed by atoms with Crippen LogP contribution in [0.4, 0.5) is 11.4 Å². The fourth-order valence-corrected chi connectivity index (χ4v) is 2.92. The number of carbonyl (C=O) groups excluding carboxylic acids is 3. The van der Waals surface area contributed by atoms with E-state index in [9.17, 15) is 24.5 Å². The summed E-state index contributed by atoms with van der Waals surface area (Å²) in [6.07, 6.45) is -1.34. The lowest BCUT2D eigenvalue weighted by Gasteiger charge is -2.15. The molecule has 9 nitrogen and oxygen atoms in total. The van der Waals surface area contributed by atoms with E-state index in [1.54, 1.807) is 17.5 Å². The Morgan fingerprint density at radius 2 is 2.00 bits per heavy atom. The highest BCUT2D eigenvalue weighted by Crippen LogP contribution is 2.29. The molecule has 0 bridgehead atoms. The normalized spacial score (nSPS) is 11.4. The summed E-state index contributed by atoms with van der Waals surface area (Å²) in [6, 6.07) is 7.14. The van der Waals surface area contributed by atoms with Gasteiger partial charge in [-0.3, -0.25) is 24.5 Å². The third kappa shape index (κ3) is 5.61. The number of amides is 1. The molecule has 0 aliphatic carbocycles. The second kappa shape index (κ2) is 9.60. The molecular weight excluding hydrogens is 388 g/mol. The van der Waals surface area contributed by atoms with Crippen LogP contribution in [0, 0.1) is 10.1 Å². The number of benzene rings is 1. The predicted molar refractivity (Wildman–Crippen MR) is 102 cm³/mol. The van der Waals surface area contributed by atoms with Crippen molar-refractivity contribution in [3.63, 3.8) is 0 Å². The fourth-order valence-electron chi connectivity index (χ4n) is 2.23. The van der Waals surface area contributed by atoms with Crippen molar-refractivity contribution in [2.45, 2.75) is 25.9 Å². The molecule has 1 aromatic carbocycles. The van der Waals surface area contributed by atoms with Gasteiger partial charge in [-0.1, -0.05) is 6.07 Å². The van der Waals surface area contributed by atoms with Gasteiger partial charge in [0.1, 0.15) is 5.75 Å². The van der Waals surface area contributed by atoms with Crippen LogP contribution < -0.4 is 10.1 Å². The molecule has 0 saturated carbocycles. The topological polar surface area (TPSA) is 125 Å². The van der Waals surface area contributed by atoms with Gasteiger partial charge in [-0.25, -0.2) is 0 Å². The zero-order valence-electron chi connectivity index (χ0n) is 15.2. The summed E-state index contributed by atoms with van der Waals surface area (Å²) < 4.78 is 10.1. The van der Waals surface area contributed by atoms with Crippen LogP contribution in [0.3, 0.4) is 0 Å². The molecule has 0 fully saturated rings. The summed E-state index contributed by atoms with van der Waals surface area (Å²) in [5.74, 6) is -1.33. The Bertz CT molecular complexity index is 880.